The van der Waals surface area contributed by atoms with Crippen molar-refractivity contribution in [1.82, 2.24) is 19.9 Å². The van der Waals surface area contributed by atoms with E-state index in [0.717, 1.165) is 25.2 Å². The van der Waals surface area contributed by atoms with Crippen LogP contribution in [0.25, 0.3) is 11.0 Å². The molecule has 1 saturated carbocycles. The molecule has 2 fully saturated rings. The third-order valence-corrected chi connectivity index (χ3v) is 6.08. The molecule has 1 aliphatic heterocycles. The van der Waals surface area contributed by atoms with Crippen molar-refractivity contribution in [3.63, 3.8) is 0 Å². The molecule has 1 amide bonds. The molecule has 0 radical (unpaired) electrons. The van der Waals surface area contributed by atoms with Crippen molar-refractivity contribution >= 4 is 28.6 Å². The van der Waals surface area contributed by atoms with Gasteiger partial charge >= 0.3 is 6.09 Å². The molecule has 2 aliphatic rings. The Morgan fingerprint density at radius 1 is 1.13 bits per heavy atom. The van der Waals surface area contributed by atoms with Crippen LogP contribution >= 0.6 is 0 Å². The third-order valence-electron chi connectivity index (χ3n) is 6.08. The Labute approximate surface area is 217 Å². The van der Waals surface area contributed by atoms with E-state index in [-0.39, 0.29) is 40.7 Å². The molecule has 0 spiro atoms. The van der Waals surface area contributed by atoms with E-state index < -0.39 is 35.2 Å². The van der Waals surface area contributed by atoms with Crippen molar-refractivity contribution in [2.75, 3.05) is 25.0 Å². The van der Waals surface area contributed by atoms with Crippen molar-refractivity contribution < 1.29 is 32.2 Å². The minimum absolute atomic E-state index is 0.0339. The Morgan fingerprint density at radius 2 is 1.92 bits per heavy atom. The van der Waals surface area contributed by atoms with Gasteiger partial charge in [-0.1, -0.05) is 0 Å². The standard InChI is InChI=1S/C26H28F3N5O4/c1-26(2,3)38-25(35)34-9-8-15(11-34)37-24-16(27)10-18-22(33-24)23(31-13-30-18)32-17-6-7-19(21(29)20(17)28)36-12-14-4-5-14/h6-7,10,13-15H,4-5,8-9,11-12H2,1-3H3,(H,30,31,32)/t15-/m0/s1. The molecule has 202 valence electrons. The van der Waals surface area contributed by atoms with Crippen molar-refractivity contribution in [2.45, 2.75) is 51.7 Å². The van der Waals surface area contributed by atoms with Crippen LogP contribution in [0, 0.1) is 23.4 Å². The minimum atomic E-state index is -1.14. The summed E-state index contributed by atoms with van der Waals surface area (Å²) < 4.78 is 60.7. The Kier molecular flexibility index (Phi) is 6.89. The van der Waals surface area contributed by atoms with Crippen LogP contribution in [-0.4, -0.2) is 57.3 Å². The number of rotatable bonds is 7. The predicted octanol–water partition coefficient (Wildman–Crippen LogP) is 5.36. The van der Waals surface area contributed by atoms with E-state index in [9.17, 15) is 18.0 Å². The molecule has 38 heavy (non-hydrogen) atoms. The minimum Gasteiger partial charge on any atom is -0.490 e. The number of likely N-dealkylation sites (tertiary alicyclic amines) is 1. The molecule has 0 unspecified atom stereocenters. The van der Waals surface area contributed by atoms with Gasteiger partial charge in [0.15, 0.2) is 23.2 Å². The first-order chi connectivity index (χ1) is 18.1. The van der Waals surface area contributed by atoms with Gasteiger partial charge in [-0.2, -0.15) is 4.39 Å². The molecule has 3 heterocycles. The van der Waals surface area contributed by atoms with Gasteiger partial charge in [0.25, 0.3) is 5.88 Å². The molecule has 1 N–H and O–H groups in total. The van der Waals surface area contributed by atoms with Crippen LogP contribution in [0.5, 0.6) is 11.6 Å². The second kappa shape index (κ2) is 10.1. The highest BCUT2D eigenvalue weighted by Gasteiger charge is 2.32. The number of pyridine rings is 1. The highest BCUT2D eigenvalue weighted by Crippen LogP contribution is 2.33. The van der Waals surface area contributed by atoms with Gasteiger partial charge in [-0.15, -0.1) is 0 Å². The summed E-state index contributed by atoms with van der Waals surface area (Å²) >= 11 is 0. The summed E-state index contributed by atoms with van der Waals surface area (Å²) in [6.45, 7) is 6.24. The van der Waals surface area contributed by atoms with Crippen molar-refractivity contribution in [1.29, 1.82) is 0 Å². The van der Waals surface area contributed by atoms with Crippen LogP contribution in [0.2, 0.25) is 0 Å². The molecule has 5 rings (SSSR count). The van der Waals surface area contributed by atoms with E-state index >= 15 is 0 Å². The number of halogens is 3. The molecule has 1 aromatic carbocycles. The summed E-state index contributed by atoms with van der Waals surface area (Å²) in [5.41, 5.74) is -0.601. The van der Waals surface area contributed by atoms with Gasteiger partial charge < -0.3 is 24.4 Å². The number of aromatic nitrogens is 3. The fraction of sp³-hybridized carbons (Fsp3) is 0.462. The van der Waals surface area contributed by atoms with Gasteiger partial charge in [0.1, 0.15) is 23.5 Å². The largest absolute Gasteiger partial charge is 0.490 e. The first kappa shape index (κ1) is 25.8. The quantitative estimate of drug-likeness (QED) is 0.435. The maximum Gasteiger partial charge on any atom is 0.410 e. The molecule has 12 heteroatoms. The van der Waals surface area contributed by atoms with Gasteiger partial charge in [0, 0.05) is 19.0 Å². The number of ether oxygens (including phenoxy) is 3. The smallest absolute Gasteiger partial charge is 0.410 e. The van der Waals surface area contributed by atoms with Crippen molar-refractivity contribution in [3.8, 4) is 11.6 Å². The average Bonchev–Trinajstić information content (AvgIpc) is 3.56. The zero-order valence-corrected chi connectivity index (χ0v) is 21.3. The molecule has 2 aromatic heterocycles. The van der Waals surface area contributed by atoms with Crippen LogP contribution in [0.4, 0.5) is 29.5 Å². The molecule has 0 bridgehead atoms. The second-order valence-electron chi connectivity index (χ2n) is 10.4. The maximum atomic E-state index is 14.8. The Morgan fingerprint density at radius 3 is 2.66 bits per heavy atom. The summed E-state index contributed by atoms with van der Waals surface area (Å²) in [7, 11) is 0. The molecule has 3 aromatic rings. The van der Waals surface area contributed by atoms with E-state index in [1.165, 1.54) is 17.0 Å². The lowest BCUT2D eigenvalue weighted by atomic mass is 10.2. The van der Waals surface area contributed by atoms with E-state index in [2.05, 4.69) is 20.3 Å². The monoisotopic (exact) mass is 531 g/mol. The van der Waals surface area contributed by atoms with Crippen molar-refractivity contribution in [2.24, 2.45) is 5.92 Å². The second-order valence-corrected chi connectivity index (χ2v) is 10.4. The molecule has 1 aliphatic carbocycles. The summed E-state index contributed by atoms with van der Waals surface area (Å²) in [5.74, 6) is -3.08. The molecule has 1 atom stereocenters. The Hall–Kier alpha value is -3.83. The predicted molar refractivity (Wildman–Crippen MR) is 132 cm³/mol. The summed E-state index contributed by atoms with van der Waals surface area (Å²) in [5, 5.41) is 2.71. The SMILES string of the molecule is CC(C)(C)OC(=O)N1CC[C@H](Oc2nc3c(Nc4ccc(OCC5CC5)c(F)c4F)ncnc3cc2F)C1. The van der Waals surface area contributed by atoms with E-state index in [4.69, 9.17) is 14.2 Å². The topological polar surface area (TPSA) is 98.7 Å². The summed E-state index contributed by atoms with van der Waals surface area (Å²) in [6, 6.07) is 3.79. The zero-order chi connectivity index (χ0) is 27.0. The number of anilines is 2. The van der Waals surface area contributed by atoms with Gasteiger partial charge in [-0.05, 0) is 51.7 Å². The van der Waals surface area contributed by atoms with Crippen molar-refractivity contribution in [3.05, 3.63) is 42.0 Å². The van der Waals surface area contributed by atoms with E-state index in [0.29, 0.717) is 25.5 Å². The molecular formula is C26H28F3N5O4. The van der Waals surface area contributed by atoms with E-state index in [1.54, 1.807) is 20.8 Å². The van der Waals surface area contributed by atoms with Crippen LogP contribution < -0.4 is 14.8 Å². The fourth-order valence-corrected chi connectivity index (χ4v) is 3.95. The number of nitrogens with zero attached hydrogens (tertiary/aromatic N) is 4. The number of benzene rings is 1. The van der Waals surface area contributed by atoms with Crippen LogP contribution in [0.15, 0.2) is 24.5 Å². The van der Waals surface area contributed by atoms with Gasteiger partial charge in [0.2, 0.25) is 5.82 Å². The summed E-state index contributed by atoms with van der Waals surface area (Å²) in [6.07, 6.45) is 2.66. The number of amides is 1. The first-order valence-corrected chi connectivity index (χ1v) is 12.4. The van der Waals surface area contributed by atoms with Gasteiger partial charge in [-0.25, -0.2) is 28.5 Å². The lowest BCUT2D eigenvalue weighted by Crippen LogP contribution is -2.36. The molecular weight excluding hydrogens is 503 g/mol. The number of carbonyl (C=O) groups is 1. The number of hydrogen-bond acceptors (Lipinski definition) is 8. The van der Waals surface area contributed by atoms with Gasteiger partial charge in [-0.3, -0.25) is 0 Å². The third kappa shape index (κ3) is 5.84. The first-order valence-electron chi connectivity index (χ1n) is 12.4. The average molecular weight is 532 g/mol. The number of fused-ring (bicyclic) bond motifs is 1. The summed E-state index contributed by atoms with van der Waals surface area (Å²) in [4.78, 5) is 26.1. The number of nitrogens with one attached hydrogen (secondary N) is 1. The lowest BCUT2D eigenvalue weighted by Gasteiger charge is -2.24. The maximum absolute atomic E-state index is 14.8. The lowest BCUT2D eigenvalue weighted by molar-refractivity contribution is 0.0274. The molecule has 1 saturated heterocycles. The van der Waals surface area contributed by atoms with E-state index in [1.807, 2.05) is 0 Å². The van der Waals surface area contributed by atoms with Crippen LogP contribution in [0.3, 0.4) is 0 Å². The Balaban J connectivity index is 1.33. The fourth-order valence-electron chi connectivity index (χ4n) is 3.95. The van der Waals surface area contributed by atoms with Crippen LogP contribution in [-0.2, 0) is 4.74 Å². The number of hydrogen-bond donors (Lipinski definition) is 1. The highest BCUT2D eigenvalue weighted by atomic mass is 19.2. The normalized spacial score (nSPS) is 17.5. The molecule has 9 nitrogen and oxygen atoms in total. The van der Waals surface area contributed by atoms with Crippen LogP contribution in [0.1, 0.15) is 40.0 Å². The van der Waals surface area contributed by atoms with Gasteiger partial charge in [0.05, 0.1) is 24.4 Å². The Bertz CT molecular complexity index is 1360. The number of carbonyl (C=O) groups excluding carboxylic acids is 1. The highest BCUT2D eigenvalue weighted by molar-refractivity contribution is 5.87. The zero-order valence-electron chi connectivity index (χ0n) is 21.3.